The van der Waals surface area contributed by atoms with Crippen molar-refractivity contribution in [1.29, 1.82) is 0 Å². The molecule has 1 fully saturated rings. The minimum Gasteiger partial charge on any atom is -0.352 e. The molecule has 0 bridgehead atoms. The third kappa shape index (κ3) is 4.55. The smallest absolute Gasteiger partial charge is 0.227 e. The molecule has 3 aromatic heterocycles. The van der Waals surface area contributed by atoms with Crippen LogP contribution in [0.15, 0.2) is 47.8 Å². The molecule has 0 radical (unpaired) electrons. The molecule has 0 aliphatic carbocycles. The highest BCUT2D eigenvalue weighted by Gasteiger charge is 2.26. The van der Waals surface area contributed by atoms with E-state index in [9.17, 15) is 4.79 Å². The van der Waals surface area contributed by atoms with Crippen LogP contribution in [0.1, 0.15) is 36.2 Å². The van der Waals surface area contributed by atoms with Crippen LogP contribution >= 0.6 is 11.3 Å². The third-order valence-electron chi connectivity index (χ3n) is 6.32. The van der Waals surface area contributed by atoms with Gasteiger partial charge in [0.2, 0.25) is 5.91 Å². The number of aryl methyl sites for hydroxylation is 2. The van der Waals surface area contributed by atoms with Gasteiger partial charge in [-0.05, 0) is 36.9 Å². The Hall–Kier alpha value is -3.26. The van der Waals surface area contributed by atoms with Crippen LogP contribution in [-0.2, 0) is 17.6 Å². The number of nitrogens with zero attached hydrogens (tertiary/aromatic N) is 6. The maximum Gasteiger partial charge on any atom is 0.227 e. The molecule has 1 aromatic carbocycles. The van der Waals surface area contributed by atoms with Crippen LogP contribution in [0.2, 0.25) is 0 Å². The average molecular weight is 475 g/mol. The number of rotatable bonds is 7. The fourth-order valence-electron chi connectivity index (χ4n) is 4.47. The van der Waals surface area contributed by atoms with E-state index >= 15 is 0 Å². The Morgan fingerprint density at radius 2 is 1.82 bits per heavy atom. The van der Waals surface area contributed by atoms with E-state index in [-0.39, 0.29) is 5.91 Å². The van der Waals surface area contributed by atoms with Gasteiger partial charge in [-0.15, -0.1) is 11.3 Å². The van der Waals surface area contributed by atoms with E-state index < -0.39 is 0 Å². The average Bonchev–Trinajstić information content (AvgIpc) is 3.50. The van der Waals surface area contributed by atoms with Crippen molar-refractivity contribution in [2.75, 3.05) is 31.1 Å². The summed E-state index contributed by atoms with van der Waals surface area (Å²) in [6.07, 6.45) is 3.48. The van der Waals surface area contributed by atoms with Gasteiger partial charge in [-0.25, -0.2) is 14.6 Å². The lowest BCUT2D eigenvalue weighted by Gasteiger charge is -2.35. The lowest BCUT2D eigenvalue weighted by Crippen LogP contribution is -2.49. The second-order valence-corrected chi connectivity index (χ2v) is 9.75. The van der Waals surface area contributed by atoms with Crippen LogP contribution in [0.4, 0.5) is 5.82 Å². The van der Waals surface area contributed by atoms with Gasteiger partial charge in [-0.2, -0.15) is 5.10 Å². The summed E-state index contributed by atoms with van der Waals surface area (Å²) in [5.74, 6) is 2.01. The third-order valence-corrected chi connectivity index (χ3v) is 7.20. The van der Waals surface area contributed by atoms with Gasteiger partial charge in [-0.3, -0.25) is 4.79 Å². The number of thiophene rings is 1. The topological polar surface area (TPSA) is 67.2 Å². The Morgan fingerprint density at radius 3 is 2.53 bits per heavy atom. The number of anilines is 1. The maximum atomic E-state index is 12.8. The molecule has 8 heteroatoms. The molecule has 4 heterocycles. The van der Waals surface area contributed by atoms with E-state index in [0.717, 1.165) is 71.3 Å². The van der Waals surface area contributed by atoms with Crippen LogP contribution < -0.4 is 4.90 Å². The number of carbonyl (C=O) groups excluding carboxylic acids is 1. The van der Waals surface area contributed by atoms with E-state index in [4.69, 9.17) is 15.1 Å². The van der Waals surface area contributed by atoms with E-state index in [1.54, 1.807) is 11.3 Å². The molecule has 0 atom stereocenters. The zero-order valence-electron chi connectivity index (χ0n) is 19.8. The van der Waals surface area contributed by atoms with Crippen molar-refractivity contribution in [3.05, 3.63) is 64.2 Å². The number of aromatic nitrogens is 4. The summed E-state index contributed by atoms with van der Waals surface area (Å²) in [7, 11) is 0. The van der Waals surface area contributed by atoms with E-state index in [0.29, 0.717) is 19.5 Å². The number of para-hydroxylation sites is 1. The Labute approximate surface area is 204 Å². The highest BCUT2D eigenvalue weighted by Crippen LogP contribution is 2.30. The zero-order valence-corrected chi connectivity index (χ0v) is 20.6. The van der Waals surface area contributed by atoms with Gasteiger partial charge < -0.3 is 9.80 Å². The van der Waals surface area contributed by atoms with Crippen LogP contribution in [0.25, 0.3) is 16.7 Å². The monoisotopic (exact) mass is 474 g/mol. The molecule has 0 N–H and O–H groups in total. The normalized spacial score (nSPS) is 14.2. The number of amides is 1. The van der Waals surface area contributed by atoms with Gasteiger partial charge in [0.1, 0.15) is 11.6 Å². The molecule has 0 saturated carbocycles. The summed E-state index contributed by atoms with van der Waals surface area (Å²) in [6.45, 7) is 7.13. The first-order valence-electron chi connectivity index (χ1n) is 12.0. The van der Waals surface area contributed by atoms with Crippen LogP contribution in [0.3, 0.4) is 0 Å². The van der Waals surface area contributed by atoms with Crippen LogP contribution in [-0.4, -0.2) is 56.7 Å². The van der Waals surface area contributed by atoms with Crippen molar-refractivity contribution >= 4 is 34.1 Å². The number of piperazine rings is 1. The molecule has 34 heavy (non-hydrogen) atoms. The highest BCUT2D eigenvalue weighted by molar-refractivity contribution is 7.10. The molecule has 4 aromatic rings. The molecule has 5 rings (SSSR count). The van der Waals surface area contributed by atoms with Gasteiger partial charge in [0, 0.05) is 37.5 Å². The lowest BCUT2D eigenvalue weighted by molar-refractivity contribution is -0.130. The second-order valence-electron chi connectivity index (χ2n) is 8.72. The Balaban J connectivity index is 1.44. The minimum absolute atomic E-state index is 0.201. The number of benzene rings is 1. The van der Waals surface area contributed by atoms with Crippen molar-refractivity contribution < 1.29 is 4.79 Å². The van der Waals surface area contributed by atoms with E-state index in [1.165, 1.54) is 0 Å². The summed E-state index contributed by atoms with van der Waals surface area (Å²) in [5.41, 5.74) is 2.78. The molecule has 0 unspecified atom stereocenters. The van der Waals surface area contributed by atoms with Crippen molar-refractivity contribution in [1.82, 2.24) is 24.6 Å². The highest BCUT2D eigenvalue weighted by atomic mass is 32.1. The molecule has 1 amide bonds. The maximum absolute atomic E-state index is 12.8. The summed E-state index contributed by atoms with van der Waals surface area (Å²) >= 11 is 1.64. The molecule has 176 valence electrons. The zero-order chi connectivity index (χ0) is 23.5. The van der Waals surface area contributed by atoms with Gasteiger partial charge in [0.15, 0.2) is 5.65 Å². The number of hydrogen-bond acceptors (Lipinski definition) is 6. The second kappa shape index (κ2) is 9.93. The number of hydrogen-bond donors (Lipinski definition) is 0. The minimum atomic E-state index is 0.201. The Morgan fingerprint density at radius 1 is 1.03 bits per heavy atom. The van der Waals surface area contributed by atoms with E-state index in [1.807, 2.05) is 52.2 Å². The van der Waals surface area contributed by atoms with Crippen molar-refractivity contribution in [3.8, 4) is 5.69 Å². The lowest BCUT2D eigenvalue weighted by atomic mass is 10.2. The quantitative estimate of drug-likeness (QED) is 0.397. The fourth-order valence-corrected chi connectivity index (χ4v) is 5.17. The number of carbonyl (C=O) groups is 1. The fraction of sp³-hybridized carbons (Fsp3) is 0.385. The first-order valence-corrected chi connectivity index (χ1v) is 12.9. The van der Waals surface area contributed by atoms with Crippen molar-refractivity contribution in [2.45, 2.75) is 39.5 Å². The molecule has 0 spiro atoms. The standard InChI is InChI=1S/C26H30N6OS/c1-3-4-12-22-27-25(24-19(2)29-32(26(24)28-22)20-9-6-5-7-10-20)31-15-13-30(14-16-31)23(33)18-21-11-8-17-34-21/h5-11,17H,3-4,12-16,18H2,1-2H3. The molecular formula is C26H30N6OS. The Kier molecular flexibility index (Phi) is 6.58. The van der Waals surface area contributed by atoms with Gasteiger partial charge in [0.25, 0.3) is 0 Å². The molecule has 1 saturated heterocycles. The van der Waals surface area contributed by atoms with Crippen LogP contribution in [0.5, 0.6) is 0 Å². The molecule has 7 nitrogen and oxygen atoms in total. The van der Waals surface area contributed by atoms with Gasteiger partial charge in [-0.1, -0.05) is 37.6 Å². The molecule has 1 aliphatic rings. The number of fused-ring (bicyclic) bond motifs is 1. The first kappa shape index (κ1) is 22.5. The predicted octanol–water partition coefficient (Wildman–Crippen LogP) is 4.42. The largest absolute Gasteiger partial charge is 0.352 e. The van der Waals surface area contributed by atoms with Gasteiger partial charge in [0.05, 0.1) is 23.2 Å². The summed E-state index contributed by atoms with van der Waals surface area (Å²) < 4.78 is 1.94. The SMILES string of the molecule is CCCCc1nc(N2CCN(C(=O)Cc3cccs3)CC2)c2c(C)nn(-c3ccccc3)c2n1. The van der Waals surface area contributed by atoms with Crippen LogP contribution in [0, 0.1) is 6.92 Å². The summed E-state index contributed by atoms with van der Waals surface area (Å²) in [5, 5.41) is 7.87. The molecular weight excluding hydrogens is 444 g/mol. The van der Waals surface area contributed by atoms with Crippen molar-refractivity contribution in [3.63, 3.8) is 0 Å². The van der Waals surface area contributed by atoms with E-state index in [2.05, 4.69) is 24.0 Å². The van der Waals surface area contributed by atoms with Gasteiger partial charge >= 0.3 is 0 Å². The molecule has 1 aliphatic heterocycles. The summed E-state index contributed by atoms with van der Waals surface area (Å²) in [6, 6.07) is 14.2. The predicted molar refractivity (Wildman–Crippen MR) is 137 cm³/mol. The summed E-state index contributed by atoms with van der Waals surface area (Å²) in [4.78, 5) is 28.2. The Bertz CT molecular complexity index is 1260. The first-order chi connectivity index (χ1) is 16.6. The number of unbranched alkanes of at least 4 members (excludes halogenated alkanes) is 1. The van der Waals surface area contributed by atoms with Crippen molar-refractivity contribution in [2.24, 2.45) is 0 Å².